The van der Waals surface area contributed by atoms with Crippen LogP contribution in [0.15, 0.2) is 29.2 Å². The summed E-state index contributed by atoms with van der Waals surface area (Å²) >= 11 is 0. The molecule has 1 aliphatic rings. The SMILES string of the molecule is Cc1ccc(S(=O)(=O)N[C@@H]2CCCC[C@H]2C(F)(F)F)cc1. The Hall–Kier alpha value is -1.08. The van der Waals surface area contributed by atoms with Crippen molar-refractivity contribution in [1.29, 1.82) is 0 Å². The molecule has 0 saturated heterocycles. The number of nitrogens with one attached hydrogen (secondary N) is 1. The average Bonchev–Trinajstić information content (AvgIpc) is 2.38. The topological polar surface area (TPSA) is 46.2 Å². The fraction of sp³-hybridized carbons (Fsp3) is 0.571. The van der Waals surface area contributed by atoms with Crippen molar-refractivity contribution in [3.63, 3.8) is 0 Å². The third kappa shape index (κ3) is 3.97. The molecular formula is C14H18F3NO2S. The van der Waals surface area contributed by atoms with Crippen molar-refractivity contribution in [2.45, 2.75) is 49.7 Å². The minimum absolute atomic E-state index is 0.000372. The van der Waals surface area contributed by atoms with Crippen LogP contribution in [0.2, 0.25) is 0 Å². The van der Waals surface area contributed by atoms with Crippen LogP contribution in [-0.4, -0.2) is 20.6 Å². The van der Waals surface area contributed by atoms with Gasteiger partial charge in [0.15, 0.2) is 0 Å². The van der Waals surface area contributed by atoms with Gasteiger partial charge in [-0.25, -0.2) is 13.1 Å². The van der Waals surface area contributed by atoms with Crippen LogP contribution in [0.3, 0.4) is 0 Å². The maximum Gasteiger partial charge on any atom is 0.393 e. The first-order valence-electron chi connectivity index (χ1n) is 6.86. The molecule has 0 unspecified atom stereocenters. The normalized spacial score (nSPS) is 24.0. The van der Waals surface area contributed by atoms with E-state index < -0.39 is 28.2 Å². The lowest BCUT2D eigenvalue weighted by Crippen LogP contribution is -2.47. The molecule has 0 amide bonds. The molecule has 118 valence electrons. The van der Waals surface area contributed by atoms with E-state index in [1.54, 1.807) is 12.1 Å². The zero-order chi connectivity index (χ0) is 15.7. The first-order valence-corrected chi connectivity index (χ1v) is 8.34. The summed E-state index contributed by atoms with van der Waals surface area (Å²) in [6.07, 6.45) is -3.10. The molecule has 2 rings (SSSR count). The molecule has 7 heteroatoms. The molecule has 1 aromatic carbocycles. The van der Waals surface area contributed by atoms with Gasteiger partial charge in [0.05, 0.1) is 10.8 Å². The Morgan fingerprint density at radius 2 is 1.67 bits per heavy atom. The smallest absolute Gasteiger partial charge is 0.207 e. The van der Waals surface area contributed by atoms with Crippen molar-refractivity contribution in [3.8, 4) is 0 Å². The second kappa shape index (κ2) is 5.96. The molecular weight excluding hydrogens is 303 g/mol. The molecule has 0 aromatic heterocycles. The zero-order valence-corrected chi connectivity index (χ0v) is 12.5. The van der Waals surface area contributed by atoms with E-state index >= 15 is 0 Å². The Morgan fingerprint density at radius 1 is 1.10 bits per heavy atom. The highest BCUT2D eigenvalue weighted by molar-refractivity contribution is 7.89. The second-order valence-electron chi connectivity index (χ2n) is 5.47. The zero-order valence-electron chi connectivity index (χ0n) is 11.7. The maximum absolute atomic E-state index is 13.0. The number of aryl methyl sites for hydroxylation is 1. The summed E-state index contributed by atoms with van der Waals surface area (Å²) in [6.45, 7) is 1.81. The highest BCUT2D eigenvalue weighted by Gasteiger charge is 2.46. The van der Waals surface area contributed by atoms with Crippen LogP contribution >= 0.6 is 0 Å². The number of halogens is 3. The molecule has 2 atom stereocenters. The van der Waals surface area contributed by atoms with Gasteiger partial charge in [0.1, 0.15) is 0 Å². The molecule has 0 aliphatic heterocycles. The molecule has 3 nitrogen and oxygen atoms in total. The minimum atomic E-state index is -4.37. The van der Waals surface area contributed by atoms with Crippen LogP contribution in [0.5, 0.6) is 0 Å². The number of rotatable bonds is 3. The standard InChI is InChI=1S/C14H18F3NO2S/c1-10-6-8-11(9-7-10)21(19,20)18-13-5-3-2-4-12(13)14(15,16)17/h6-9,12-13,18H,2-5H2,1H3/t12-,13-/m1/s1. The summed E-state index contributed by atoms with van der Waals surface area (Å²) in [6, 6.07) is 4.98. The highest BCUT2D eigenvalue weighted by Crippen LogP contribution is 2.38. The van der Waals surface area contributed by atoms with E-state index in [0.29, 0.717) is 12.8 Å². The highest BCUT2D eigenvalue weighted by atomic mass is 32.2. The number of benzene rings is 1. The van der Waals surface area contributed by atoms with E-state index in [4.69, 9.17) is 0 Å². The first-order chi connectivity index (χ1) is 9.70. The van der Waals surface area contributed by atoms with Crippen LogP contribution in [-0.2, 0) is 10.0 Å². The van der Waals surface area contributed by atoms with E-state index in [0.717, 1.165) is 5.56 Å². The van der Waals surface area contributed by atoms with Gasteiger partial charge in [0.25, 0.3) is 0 Å². The lowest BCUT2D eigenvalue weighted by molar-refractivity contribution is -0.187. The predicted molar refractivity (Wildman–Crippen MR) is 73.3 cm³/mol. The van der Waals surface area contributed by atoms with Gasteiger partial charge in [-0.1, -0.05) is 30.5 Å². The van der Waals surface area contributed by atoms with Gasteiger partial charge < -0.3 is 0 Å². The Labute approximate surface area is 122 Å². The van der Waals surface area contributed by atoms with Crippen LogP contribution in [0.1, 0.15) is 31.2 Å². The van der Waals surface area contributed by atoms with E-state index in [1.807, 2.05) is 6.92 Å². The predicted octanol–water partition coefficient (Wildman–Crippen LogP) is 3.39. The number of alkyl halides is 3. The van der Waals surface area contributed by atoms with Crippen molar-refractivity contribution in [2.24, 2.45) is 5.92 Å². The molecule has 1 aliphatic carbocycles. The van der Waals surface area contributed by atoms with Crippen LogP contribution in [0.4, 0.5) is 13.2 Å². The third-order valence-electron chi connectivity index (χ3n) is 3.82. The van der Waals surface area contributed by atoms with Crippen molar-refractivity contribution in [1.82, 2.24) is 4.72 Å². The second-order valence-corrected chi connectivity index (χ2v) is 7.19. The minimum Gasteiger partial charge on any atom is -0.207 e. The van der Waals surface area contributed by atoms with Gasteiger partial charge in [-0.3, -0.25) is 0 Å². The fourth-order valence-electron chi connectivity index (χ4n) is 2.65. The summed E-state index contributed by atoms with van der Waals surface area (Å²) in [5.74, 6) is -1.61. The molecule has 1 saturated carbocycles. The lowest BCUT2D eigenvalue weighted by Gasteiger charge is -2.33. The van der Waals surface area contributed by atoms with E-state index in [1.165, 1.54) is 12.1 Å². The molecule has 0 heterocycles. The van der Waals surface area contributed by atoms with Crippen molar-refractivity contribution >= 4 is 10.0 Å². The van der Waals surface area contributed by atoms with E-state index in [9.17, 15) is 21.6 Å². The quantitative estimate of drug-likeness (QED) is 0.927. The molecule has 1 N–H and O–H groups in total. The fourth-order valence-corrected chi connectivity index (χ4v) is 3.96. The van der Waals surface area contributed by atoms with E-state index in [-0.39, 0.29) is 17.7 Å². The summed E-state index contributed by atoms with van der Waals surface area (Å²) in [5, 5.41) is 0. The summed E-state index contributed by atoms with van der Waals surface area (Å²) in [5.41, 5.74) is 0.889. The van der Waals surface area contributed by atoms with Gasteiger partial charge in [0, 0.05) is 6.04 Å². The Kier molecular flexibility index (Phi) is 4.63. The van der Waals surface area contributed by atoms with Crippen LogP contribution in [0, 0.1) is 12.8 Å². The molecule has 1 fully saturated rings. The first kappa shape index (κ1) is 16.3. The van der Waals surface area contributed by atoms with Crippen LogP contribution < -0.4 is 4.72 Å². The van der Waals surface area contributed by atoms with Crippen molar-refractivity contribution in [2.75, 3.05) is 0 Å². The molecule has 1 aromatic rings. The maximum atomic E-state index is 13.0. The molecule has 0 radical (unpaired) electrons. The van der Waals surface area contributed by atoms with Gasteiger partial charge >= 0.3 is 6.18 Å². The number of hydrogen-bond donors (Lipinski definition) is 1. The largest absolute Gasteiger partial charge is 0.393 e. The molecule has 0 spiro atoms. The van der Waals surface area contributed by atoms with Crippen molar-refractivity contribution in [3.05, 3.63) is 29.8 Å². The Morgan fingerprint density at radius 3 is 2.24 bits per heavy atom. The Bertz CT molecular complexity index is 581. The monoisotopic (exact) mass is 321 g/mol. The lowest BCUT2D eigenvalue weighted by atomic mass is 9.85. The summed E-state index contributed by atoms with van der Waals surface area (Å²) in [4.78, 5) is -0.000372. The van der Waals surface area contributed by atoms with Crippen LogP contribution in [0.25, 0.3) is 0 Å². The van der Waals surface area contributed by atoms with E-state index in [2.05, 4.69) is 4.72 Å². The summed E-state index contributed by atoms with van der Waals surface area (Å²) < 4.78 is 65.6. The van der Waals surface area contributed by atoms with Gasteiger partial charge in [-0.15, -0.1) is 0 Å². The summed E-state index contributed by atoms with van der Waals surface area (Å²) in [7, 11) is -3.92. The molecule has 0 bridgehead atoms. The van der Waals surface area contributed by atoms with Gasteiger partial charge in [0.2, 0.25) is 10.0 Å². The third-order valence-corrected chi connectivity index (χ3v) is 5.33. The average molecular weight is 321 g/mol. The van der Waals surface area contributed by atoms with Crippen molar-refractivity contribution < 1.29 is 21.6 Å². The molecule has 21 heavy (non-hydrogen) atoms. The number of hydrogen-bond acceptors (Lipinski definition) is 2. The number of sulfonamides is 1. The van der Waals surface area contributed by atoms with Gasteiger partial charge in [-0.2, -0.15) is 13.2 Å². The van der Waals surface area contributed by atoms with Gasteiger partial charge in [-0.05, 0) is 31.9 Å². The Balaban J connectivity index is 2.20.